The Morgan fingerprint density at radius 2 is 1.81 bits per heavy atom. The van der Waals surface area contributed by atoms with Gasteiger partial charge in [-0.05, 0) is 36.4 Å². The summed E-state index contributed by atoms with van der Waals surface area (Å²) in [4.78, 5) is 14.9. The second kappa shape index (κ2) is 6.69. The van der Waals surface area contributed by atoms with Gasteiger partial charge >= 0.3 is 0 Å². The number of hydrogen-bond donors (Lipinski definition) is 0. The monoisotopic (exact) mass is 343 g/mol. The van der Waals surface area contributed by atoms with Crippen molar-refractivity contribution in [1.29, 1.82) is 0 Å². The van der Waals surface area contributed by atoms with Crippen LogP contribution in [0.15, 0.2) is 46.2 Å². The Bertz CT molecular complexity index is 691. The predicted octanol–water partition coefficient (Wildman–Crippen LogP) is 4.99. The normalized spacial score (nSPS) is 10.5. The Morgan fingerprint density at radius 3 is 2.48 bits per heavy atom. The highest BCUT2D eigenvalue weighted by Crippen LogP contribution is 2.37. The summed E-state index contributed by atoms with van der Waals surface area (Å²) in [6.07, 6.45) is 0. The van der Waals surface area contributed by atoms with Gasteiger partial charge in [0.1, 0.15) is 5.82 Å². The summed E-state index contributed by atoms with van der Waals surface area (Å²) in [7, 11) is 3.24. The summed E-state index contributed by atoms with van der Waals surface area (Å²) >= 11 is 13.4. The summed E-state index contributed by atoms with van der Waals surface area (Å²) in [6.45, 7) is 0. The maximum Gasteiger partial charge on any atom is 0.254 e. The lowest BCUT2D eigenvalue weighted by Gasteiger charge is -2.14. The summed E-state index contributed by atoms with van der Waals surface area (Å²) in [6, 6.07) is 9.18. The molecule has 2 aromatic carbocycles. The number of carbonyl (C=O) groups is 1. The lowest BCUT2D eigenvalue weighted by molar-refractivity contribution is 0.0824. The number of rotatable bonds is 3. The highest BCUT2D eigenvalue weighted by molar-refractivity contribution is 7.99. The van der Waals surface area contributed by atoms with Crippen LogP contribution in [0.3, 0.4) is 0 Å². The van der Waals surface area contributed by atoms with Gasteiger partial charge in [0.25, 0.3) is 5.91 Å². The van der Waals surface area contributed by atoms with Crippen LogP contribution in [-0.2, 0) is 0 Å². The molecule has 0 saturated heterocycles. The molecule has 0 N–H and O–H groups in total. The molecule has 0 atom stereocenters. The van der Waals surface area contributed by atoms with Crippen LogP contribution >= 0.6 is 35.0 Å². The summed E-state index contributed by atoms with van der Waals surface area (Å²) < 4.78 is 13.4. The molecule has 0 radical (unpaired) electrons. The van der Waals surface area contributed by atoms with E-state index in [4.69, 9.17) is 23.2 Å². The molecular formula is C15H12Cl2FNOS. The third kappa shape index (κ3) is 3.90. The van der Waals surface area contributed by atoms with Gasteiger partial charge in [-0.3, -0.25) is 4.79 Å². The quantitative estimate of drug-likeness (QED) is 0.782. The Kier molecular flexibility index (Phi) is 5.14. The fourth-order valence-corrected chi connectivity index (χ4v) is 3.12. The number of halogens is 3. The van der Waals surface area contributed by atoms with E-state index in [1.807, 2.05) is 0 Å². The van der Waals surface area contributed by atoms with Crippen LogP contribution in [0.1, 0.15) is 10.4 Å². The van der Waals surface area contributed by atoms with Crippen LogP contribution in [-0.4, -0.2) is 24.9 Å². The van der Waals surface area contributed by atoms with E-state index in [1.54, 1.807) is 38.4 Å². The van der Waals surface area contributed by atoms with Crippen LogP contribution in [0.5, 0.6) is 0 Å². The zero-order chi connectivity index (χ0) is 15.6. The molecule has 2 nitrogen and oxygen atoms in total. The molecule has 110 valence electrons. The fourth-order valence-electron chi connectivity index (χ4n) is 1.67. The van der Waals surface area contributed by atoms with E-state index < -0.39 is 5.82 Å². The van der Waals surface area contributed by atoms with E-state index in [1.165, 1.54) is 28.8 Å². The Balaban J connectivity index is 2.44. The van der Waals surface area contributed by atoms with Crippen LogP contribution < -0.4 is 0 Å². The van der Waals surface area contributed by atoms with Gasteiger partial charge in [-0.15, -0.1) is 0 Å². The highest BCUT2D eigenvalue weighted by atomic mass is 35.5. The first-order valence-corrected chi connectivity index (χ1v) is 7.60. The van der Waals surface area contributed by atoms with Crippen molar-refractivity contribution in [3.8, 4) is 0 Å². The molecule has 2 aromatic rings. The standard InChI is InChI=1S/C15H12Cl2FNOS/c1-19(2)15(20)11-8-10(18)4-6-13(11)21-14-7-9(16)3-5-12(14)17/h3-8H,1-2H3. The SMILES string of the molecule is CN(C)C(=O)c1cc(F)ccc1Sc1cc(Cl)ccc1Cl. The molecule has 0 aliphatic rings. The minimum Gasteiger partial charge on any atom is -0.345 e. The minimum absolute atomic E-state index is 0.268. The largest absolute Gasteiger partial charge is 0.345 e. The molecule has 0 bridgehead atoms. The lowest BCUT2D eigenvalue weighted by Crippen LogP contribution is -2.22. The Hall–Kier alpha value is -1.23. The van der Waals surface area contributed by atoms with Crippen molar-refractivity contribution >= 4 is 40.9 Å². The van der Waals surface area contributed by atoms with Crippen molar-refractivity contribution in [3.05, 3.63) is 57.8 Å². The molecule has 1 amide bonds. The van der Waals surface area contributed by atoms with E-state index in [0.717, 1.165) is 0 Å². The van der Waals surface area contributed by atoms with E-state index in [-0.39, 0.29) is 5.91 Å². The second-order valence-corrected chi connectivity index (χ2v) is 6.44. The Labute approximate surface area is 136 Å². The van der Waals surface area contributed by atoms with Gasteiger partial charge < -0.3 is 4.90 Å². The van der Waals surface area contributed by atoms with Crippen molar-refractivity contribution in [3.63, 3.8) is 0 Å². The number of benzene rings is 2. The Morgan fingerprint density at radius 1 is 1.10 bits per heavy atom. The maximum atomic E-state index is 13.4. The summed E-state index contributed by atoms with van der Waals surface area (Å²) in [5.74, 6) is -0.725. The lowest BCUT2D eigenvalue weighted by atomic mass is 10.2. The predicted molar refractivity (Wildman–Crippen MR) is 85.0 cm³/mol. The molecule has 0 saturated carbocycles. The first kappa shape index (κ1) is 16.1. The van der Waals surface area contributed by atoms with Crippen LogP contribution in [0.25, 0.3) is 0 Å². The second-order valence-electron chi connectivity index (χ2n) is 4.52. The molecule has 6 heteroatoms. The van der Waals surface area contributed by atoms with Crippen molar-refractivity contribution in [2.45, 2.75) is 9.79 Å². The molecule has 0 aliphatic heterocycles. The average molecular weight is 344 g/mol. The maximum absolute atomic E-state index is 13.4. The van der Waals surface area contributed by atoms with Crippen molar-refractivity contribution in [2.75, 3.05) is 14.1 Å². The van der Waals surface area contributed by atoms with Gasteiger partial charge in [-0.25, -0.2) is 4.39 Å². The third-order valence-corrected chi connectivity index (χ3v) is 4.50. The molecule has 21 heavy (non-hydrogen) atoms. The van der Waals surface area contributed by atoms with E-state index in [9.17, 15) is 9.18 Å². The smallest absolute Gasteiger partial charge is 0.254 e. The van der Waals surface area contributed by atoms with Gasteiger partial charge in [-0.2, -0.15) is 0 Å². The van der Waals surface area contributed by atoms with E-state index in [2.05, 4.69) is 0 Å². The number of amides is 1. The number of nitrogens with zero attached hydrogens (tertiary/aromatic N) is 1. The summed E-state index contributed by atoms with van der Waals surface area (Å²) in [5.41, 5.74) is 0.293. The van der Waals surface area contributed by atoms with E-state index in [0.29, 0.717) is 25.4 Å². The zero-order valence-electron chi connectivity index (χ0n) is 11.4. The zero-order valence-corrected chi connectivity index (χ0v) is 13.7. The number of hydrogen-bond acceptors (Lipinski definition) is 2. The first-order chi connectivity index (χ1) is 9.88. The van der Waals surface area contributed by atoms with Gasteiger partial charge in [0.05, 0.1) is 10.6 Å². The van der Waals surface area contributed by atoms with Crippen molar-refractivity contribution < 1.29 is 9.18 Å². The van der Waals surface area contributed by atoms with Gasteiger partial charge in [0.2, 0.25) is 0 Å². The highest BCUT2D eigenvalue weighted by Gasteiger charge is 2.16. The number of carbonyl (C=O) groups excluding carboxylic acids is 1. The molecular weight excluding hydrogens is 332 g/mol. The van der Waals surface area contributed by atoms with Crippen molar-refractivity contribution in [2.24, 2.45) is 0 Å². The fraction of sp³-hybridized carbons (Fsp3) is 0.133. The molecule has 2 rings (SSSR count). The molecule has 0 spiro atoms. The minimum atomic E-state index is -0.457. The van der Waals surface area contributed by atoms with Crippen molar-refractivity contribution in [1.82, 2.24) is 4.90 Å². The topological polar surface area (TPSA) is 20.3 Å². The van der Waals surface area contributed by atoms with Crippen LogP contribution in [0.2, 0.25) is 10.0 Å². The van der Waals surface area contributed by atoms with Gasteiger partial charge in [-0.1, -0.05) is 35.0 Å². The third-order valence-electron chi connectivity index (χ3n) is 2.69. The average Bonchev–Trinajstić information content (AvgIpc) is 2.43. The van der Waals surface area contributed by atoms with Gasteiger partial charge in [0, 0.05) is 28.9 Å². The van der Waals surface area contributed by atoms with Crippen LogP contribution in [0.4, 0.5) is 4.39 Å². The summed E-state index contributed by atoms with van der Waals surface area (Å²) in [5, 5.41) is 1.07. The first-order valence-electron chi connectivity index (χ1n) is 6.02. The van der Waals surface area contributed by atoms with Gasteiger partial charge in [0.15, 0.2) is 0 Å². The van der Waals surface area contributed by atoms with Crippen LogP contribution in [0, 0.1) is 5.82 Å². The molecule has 0 aliphatic carbocycles. The molecule has 0 unspecified atom stereocenters. The molecule has 0 heterocycles. The molecule has 0 aromatic heterocycles. The van der Waals surface area contributed by atoms with E-state index >= 15 is 0 Å². The molecule has 0 fully saturated rings.